The van der Waals surface area contributed by atoms with Gasteiger partial charge in [-0.1, -0.05) is 77.1 Å². The minimum Gasteiger partial charge on any atom is -0.494 e. The van der Waals surface area contributed by atoms with Crippen molar-refractivity contribution in [2.45, 2.75) is 64.7 Å². The fraction of sp³-hybridized carbons (Fsp3) is 0.480. The Morgan fingerprint density at radius 2 is 1.41 bits per heavy atom. The second-order valence-electron chi connectivity index (χ2n) is 7.52. The van der Waals surface area contributed by atoms with Gasteiger partial charge in [-0.2, -0.15) is 0 Å². The number of alkyl halides is 1. The highest BCUT2D eigenvalue weighted by Gasteiger charge is 2.23. The van der Waals surface area contributed by atoms with Crippen molar-refractivity contribution in [3.05, 3.63) is 48.5 Å². The van der Waals surface area contributed by atoms with Crippen molar-refractivity contribution in [2.24, 2.45) is 5.92 Å². The van der Waals surface area contributed by atoms with E-state index in [0.717, 1.165) is 36.3 Å². The van der Waals surface area contributed by atoms with Gasteiger partial charge in [-0.05, 0) is 47.7 Å². The zero-order valence-electron chi connectivity index (χ0n) is 17.8. The standard InChI is InChI=1S/C25H33ClO3/c1-4-6-7-8-9-18-28-22-14-10-20(11-15-22)21-12-16-23(17-13-21)29-25(27)24(26)19(3)5-2/h10-17,19,24H,4-9,18H2,1-3H3/t19-,24-/m1/s1. The summed E-state index contributed by atoms with van der Waals surface area (Å²) in [6, 6.07) is 15.6. The normalized spacial score (nSPS) is 13.0. The SMILES string of the molecule is CCCCCCCOc1ccc(-c2ccc(OC(=O)[C@H](Cl)[C@H](C)CC)cc2)cc1. The molecule has 3 nitrogen and oxygen atoms in total. The molecule has 2 rings (SSSR count). The van der Waals surface area contributed by atoms with Crippen LogP contribution in [0.3, 0.4) is 0 Å². The molecule has 158 valence electrons. The van der Waals surface area contributed by atoms with Crippen LogP contribution in [0.5, 0.6) is 11.5 Å². The number of hydrogen-bond acceptors (Lipinski definition) is 3. The molecule has 0 saturated heterocycles. The molecule has 0 aliphatic heterocycles. The van der Waals surface area contributed by atoms with E-state index in [1.54, 1.807) is 12.1 Å². The molecule has 0 fully saturated rings. The zero-order valence-corrected chi connectivity index (χ0v) is 18.6. The molecule has 29 heavy (non-hydrogen) atoms. The molecule has 0 bridgehead atoms. The van der Waals surface area contributed by atoms with Crippen LogP contribution in [0.2, 0.25) is 0 Å². The molecule has 0 amide bonds. The first-order valence-electron chi connectivity index (χ1n) is 10.7. The van der Waals surface area contributed by atoms with E-state index in [2.05, 4.69) is 6.92 Å². The summed E-state index contributed by atoms with van der Waals surface area (Å²) >= 11 is 6.16. The van der Waals surface area contributed by atoms with Gasteiger partial charge in [0.15, 0.2) is 0 Å². The van der Waals surface area contributed by atoms with E-state index in [0.29, 0.717) is 5.75 Å². The summed E-state index contributed by atoms with van der Waals surface area (Å²) in [5, 5.41) is -0.626. The van der Waals surface area contributed by atoms with E-state index in [-0.39, 0.29) is 5.92 Å². The second kappa shape index (κ2) is 12.5. The topological polar surface area (TPSA) is 35.5 Å². The van der Waals surface area contributed by atoms with Gasteiger partial charge in [0.05, 0.1) is 6.61 Å². The van der Waals surface area contributed by atoms with E-state index in [1.165, 1.54) is 25.7 Å². The van der Waals surface area contributed by atoms with Crippen LogP contribution in [-0.4, -0.2) is 18.0 Å². The summed E-state index contributed by atoms with van der Waals surface area (Å²) in [6.45, 7) is 6.94. The van der Waals surface area contributed by atoms with Crippen LogP contribution in [-0.2, 0) is 4.79 Å². The lowest BCUT2D eigenvalue weighted by Crippen LogP contribution is -2.26. The molecule has 0 saturated carbocycles. The maximum absolute atomic E-state index is 12.1. The maximum Gasteiger partial charge on any atom is 0.329 e. The van der Waals surface area contributed by atoms with Crippen LogP contribution in [0.4, 0.5) is 0 Å². The van der Waals surface area contributed by atoms with Crippen LogP contribution in [0.1, 0.15) is 59.3 Å². The van der Waals surface area contributed by atoms with Gasteiger partial charge < -0.3 is 9.47 Å². The van der Waals surface area contributed by atoms with Crippen LogP contribution < -0.4 is 9.47 Å². The predicted molar refractivity (Wildman–Crippen MR) is 121 cm³/mol. The minimum absolute atomic E-state index is 0.0838. The van der Waals surface area contributed by atoms with E-state index < -0.39 is 11.3 Å². The van der Waals surface area contributed by atoms with E-state index in [9.17, 15) is 4.79 Å². The number of hydrogen-bond donors (Lipinski definition) is 0. The number of carbonyl (C=O) groups excluding carboxylic acids is 1. The molecule has 2 aromatic carbocycles. The van der Waals surface area contributed by atoms with Gasteiger partial charge in [-0.3, -0.25) is 4.79 Å². The third-order valence-electron chi connectivity index (χ3n) is 5.15. The second-order valence-corrected chi connectivity index (χ2v) is 7.99. The van der Waals surface area contributed by atoms with Gasteiger partial charge in [0.1, 0.15) is 16.9 Å². The van der Waals surface area contributed by atoms with Crippen molar-refractivity contribution in [3.63, 3.8) is 0 Å². The van der Waals surface area contributed by atoms with Crippen LogP contribution in [0.15, 0.2) is 48.5 Å². The third kappa shape index (κ3) is 7.74. The van der Waals surface area contributed by atoms with Crippen molar-refractivity contribution in [1.82, 2.24) is 0 Å². The Balaban J connectivity index is 1.85. The predicted octanol–water partition coefficient (Wildman–Crippen LogP) is 7.26. The van der Waals surface area contributed by atoms with E-state index in [4.69, 9.17) is 21.1 Å². The molecule has 0 N–H and O–H groups in total. The molecular weight excluding hydrogens is 384 g/mol. The van der Waals surface area contributed by atoms with E-state index in [1.807, 2.05) is 50.2 Å². The monoisotopic (exact) mass is 416 g/mol. The smallest absolute Gasteiger partial charge is 0.329 e. The van der Waals surface area contributed by atoms with Gasteiger partial charge >= 0.3 is 5.97 Å². The summed E-state index contributed by atoms with van der Waals surface area (Å²) in [5.41, 5.74) is 2.15. The van der Waals surface area contributed by atoms with Crippen LogP contribution in [0.25, 0.3) is 11.1 Å². The Hall–Kier alpha value is -2.00. The molecular formula is C25H33ClO3. The summed E-state index contributed by atoms with van der Waals surface area (Å²) in [6.07, 6.45) is 7.01. The fourth-order valence-electron chi connectivity index (χ4n) is 2.97. The largest absolute Gasteiger partial charge is 0.494 e. The van der Waals surface area contributed by atoms with Gasteiger partial charge in [0, 0.05) is 0 Å². The maximum atomic E-state index is 12.1. The number of carbonyl (C=O) groups is 1. The summed E-state index contributed by atoms with van der Waals surface area (Å²) < 4.78 is 11.2. The van der Waals surface area contributed by atoms with Crippen molar-refractivity contribution in [1.29, 1.82) is 0 Å². The van der Waals surface area contributed by atoms with Gasteiger partial charge in [0.25, 0.3) is 0 Å². The van der Waals surface area contributed by atoms with Crippen molar-refractivity contribution in [2.75, 3.05) is 6.61 Å². The van der Waals surface area contributed by atoms with Crippen LogP contribution >= 0.6 is 11.6 Å². The number of rotatable bonds is 12. The Kier molecular flexibility index (Phi) is 10.1. The highest BCUT2D eigenvalue weighted by molar-refractivity contribution is 6.30. The number of ether oxygens (including phenoxy) is 2. The third-order valence-corrected chi connectivity index (χ3v) is 5.75. The Bertz CT molecular complexity index is 725. The molecule has 0 spiro atoms. The average molecular weight is 417 g/mol. The number of benzene rings is 2. The fourth-order valence-corrected chi connectivity index (χ4v) is 3.19. The van der Waals surface area contributed by atoms with Crippen molar-refractivity contribution < 1.29 is 14.3 Å². The lowest BCUT2D eigenvalue weighted by atomic mass is 10.0. The van der Waals surface area contributed by atoms with Crippen molar-refractivity contribution in [3.8, 4) is 22.6 Å². The Labute approximate surface area is 180 Å². The molecule has 4 heteroatoms. The summed E-state index contributed by atoms with van der Waals surface area (Å²) in [7, 11) is 0. The number of unbranched alkanes of at least 4 members (excludes halogenated alkanes) is 4. The molecule has 0 radical (unpaired) electrons. The molecule has 0 aliphatic rings. The molecule has 0 unspecified atom stereocenters. The van der Waals surface area contributed by atoms with E-state index >= 15 is 0 Å². The van der Waals surface area contributed by atoms with Crippen LogP contribution in [0, 0.1) is 5.92 Å². The highest BCUT2D eigenvalue weighted by atomic mass is 35.5. The Morgan fingerprint density at radius 3 is 1.97 bits per heavy atom. The molecule has 2 atom stereocenters. The first kappa shape index (κ1) is 23.3. The molecule has 0 heterocycles. The average Bonchev–Trinajstić information content (AvgIpc) is 2.76. The highest BCUT2D eigenvalue weighted by Crippen LogP contribution is 2.25. The number of halogens is 1. The van der Waals surface area contributed by atoms with Gasteiger partial charge in [0.2, 0.25) is 0 Å². The lowest BCUT2D eigenvalue weighted by molar-refractivity contribution is -0.134. The lowest BCUT2D eigenvalue weighted by Gasteiger charge is -2.15. The Morgan fingerprint density at radius 1 is 0.862 bits per heavy atom. The van der Waals surface area contributed by atoms with Crippen molar-refractivity contribution >= 4 is 17.6 Å². The van der Waals surface area contributed by atoms with Gasteiger partial charge in [-0.25, -0.2) is 0 Å². The summed E-state index contributed by atoms with van der Waals surface area (Å²) in [4.78, 5) is 12.1. The molecule has 2 aromatic rings. The summed E-state index contributed by atoms with van der Waals surface area (Å²) in [5.74, 6) is 1.09. The number of esters is 1. The first-order valence-corrected chi connectivity index (χ1v) is 11.2. The molecule has 0 aliphatic carbocycles. The quantitative estimate of drug-likeness (QED) is 0.158. The molecule has 0 aromatic heterocycles. The minimum atomic E-state index is -0.626. The zero-order chi connectivity index (χ0) is 21.1. The first-order chi connectivity index (χ1) is 14.0. The van der Waals surface area contributed by atoms with Gasteiger partial charge in [-0.15, -0.1) is 11.6 Å².